The predicted molar refractivity (Wildman–Crippen MR) is 105 cm³/mol. The van der Waals surface area contributed by atoms with Gasteiger partial charge < -0.3 is 29.2 Å². The molecule has 2 aliphatic heterocycles. The first-order valence-corrected chi connectivity index (χ1v) is 11.1. The van der Waals surface area contributed by atoms with Crippen molar-refractivity contribution in [1.29, 1.82) is 0 Å². The highest BCUT2D eigenvalue weighted by Crippen LogP contribution is 2.09. The Morgan fingerprint density at radius 3 is 1.22 bits per heavy atom. The van der Waals surface area contributed by atoms with Crippen LogP contribution in [0.4, 0.5) is 0 Å². The summed E-state index contributed by atoms with van der Waals surface area (Å²) in [4.78, 5) is 4.34. The Labute approximate surface area is 167 Å². The zero-order chi connectivity index (χ0) is 19.2. The topological polar surface area (TPSA) is 83.9 Å². The molecule has 0 aromatic rings. The fraction of sp³-hybridized carbons (Fsp3) is 1.00. The van der Waals surface area contributed by atoms with Crippen molar-refractivity contribution in [3.05, 3.63) is 0 Å². The molecule has 2 rings (SSSR count). The predicted octanol–water partition coefficient (Wildman–Crippen LogP) is -0.861. The van der Waals surface area contributed by atoms with E-state index >= 15 is 0 Å². The van der Waals surface area contributed by atoms with Gasteiger partial charge in [0.15, 0.2) is 0 Å². The van der Waals surface area contributed by atoms with Crippen molar-refractivity contribution in [3.63, 3.8) is 0 Å². The largest absolute Gasteiger partial charge is 0.391 e. The highest BCUT2D eigenvalue weighted by molar-refractivity contribution is 7.99. The summed E-state index contributed by atoms with van der Waals surface area (Å²) in [7, 11) is 0. The summed E-state index contributed by atoms with van der Waals surface area (Å²) < 4.78 is 22.7. The summed E-state index contributed by atoms with van der Waals surface area (Å²) >= 11 is 1.60. The molecule has 0 radical (unpaired) electrons. The number of thioether (sulfide) groups is 1. The Hall–Kier alpha value is 0.0300. The van der Waals surface area contributed by atoms with Gasteiger partial charge in [0, 0.05) is 50.8 Å². The first-order chi connectivity index (χ1) is 13.2. The van der Waals surface area contributed by atoms with Gasteiger partial charge in [-0.2, -0.15) is 11.8 Å². The van der Waals surface area contributed by atoms with E-state index in [4.69, 9.17) is 18.9 Å². The number of fused-ring (bicyclic) bond motifs is 8. The minimum absolute atomic E-state index is 0.434. The number of hydrogen-bond acceptors (Lipinski definition) is 9. The molecule has 2 aliphatic rings. The lowest BCUT2D eigenvalue weighted by Gasteiger charge is -2.25. The van der Waals surface area contributed by atoms with Crippen molar-refractivity contribution in [1.82, 2.24) is 9.80 Å². The third kappa shape index (κ3) is 11.6. The molecule has 2 bridgehead atoms. The molecule has 160 valence electrons. The normalized spacial score (nSPS) is 34.9. The first-order valence-electron chi connectivity index (χ1n) is 9.93. The van der Waals surface area contributed by atoms with E-state index in [1.165, 1.54) is 0 Å². The van der Waals surface area contributed by atoms with Crippen LogP contribution in [0.15, 0.2) is 0 Å². The van der Waals surface area contributed by atoms with Gasteiger partial charge in [-0.05, 0) is 0 Å². The maximum absolute atomic E-state index is 10.4. The molecule has 2 saturated heterocycles. The van der Waals surface area contributed by atoms with Gasteiger partial charge in [0.25, 0.3) is 0 Å². The Bertz CT molecular complexity index is 317. The average Bonchev–Trinajstić information content (AvgIpc) is 2.64. The Morgan fingerprint density at radius 2 is 0.889 bits per heavy atom. The van der Waals surface area contributed by atoms with Crippen LogP contribution in [0.2, 0.25) is 0 Å². The van der Waals surface area contributed by atoms with Crippen LogP contribution in [0.5, 0.6) is 0 Å². The van der Waals surface area contributed by atoms with Crippen LogP contribution in [0.1, 0.15) is 0 Å². The smallest absolute Gasteiger partial charge is 0.0757 e. The maximum atomic E-state index is 10.4. The van der Waals surface area contributed by atoms with Crippen LogP contribution >= 0.6 is 11.8 Å². The summed E-state index contributed by atoms with van der Waals surface area (Å²) in [6.45, 7) is 8.84. The second-order valence-electron chi connectivity index (χ2n) is 6.90. The fourth-order valence-corrected chi connectivity index (χ4v) is 3.94. The zero-order valence-electron chi connectivity index (χ0n) is 16.3. The third-order valence-corrected chi connectivity index (χ3v) is 5.75. The monoisotopic (exact) mass is 408 g/mol. The molecule has 2 N–H and O–H groups in total. The lowest BCUT2D eigenvalue weighted by atomic mass is 10.3. The molecule has 27 heavy (non-hydrogen) atoms. The molecule has 0 aromatic carbocycles. The van der Waals surface area contributed by atoms with Gasteiger partial charge in [0.2, 0.25) is 0 Å². The molecule has 8 nitrogen and oxygen atoms in total. The summed E-state index contributed by atoms with van der Waals surface area (Å²) in [5.41, 5.74) is 0. The van der Waals surface area contributed by atoms with E-state index in [-0.39, 0.29) is 0 Å². The highest BCUT2D eigenvalue weighted by Gasteiger charge is 2.16. The van der Waals surface area contributed by atoms with Crippen molar-refractivity contribution in [2.75, 3.05) is 104 Å². The summed E-state index contributed by atoms with van der Waals surface area (Å²) in [5.74, 6) is 1.23. The number of rotatable bonds is 0. The summed E-state index contributed by atoms with van der Waals surface area (Å²) in [6.07, 6.45) is -0.868. The molecule has 0 aromatic heterocycles. The first kappa shape index (κ1) is 23.3. The van der Waals surface area contributed by atoms with E-state index in [0.717, 1.165) is 26.2 Å². The van der Waals surface area contributed by atoms with Crippen LogP contribution in [0.25, 0.3) is 0 Å². The van der Waals surface area contributed by atoms with Crippen molar-refractivity contribution >= 4 is 11.8 Å². The molecule has 9 heteroatoms. The van der Waals surface area contributed by atoms with Crippen molar-refractivity contribution in [3.8, 4) is 0 Å². The van der Waals surface area contributed by atoms with Gasteiger partial charge in [-0.15, -0.1) is 0 Å². The number of nitrogens with zero attached hydrogens (tertiary/aromatic N) is 2. The molecular formula is C18H36N2O6S. The van der Waals surface area contributed by atoms with Crippen molar-refractivity contribution in [2.24, 2.45) is 0 Å². The minimum Gasteiger partial charge on any atom is -0.391 e. The Kier molecular flexibility index (Phi) is 12.9. The van der Waals surface area contributed by atoms with Crippen molar-refractivity contribution in [2.45, 2.75) is 12.2 Å². The Balaban J connectivity index is 1.98. The molecule has 0 spiro atoms. The molecule has 2 fully saturated rings. The summed E-state index contributed by atoms with van der Waals surface area (Å²) in [6, 6.07) is 0. The maximum Gasteiger partial charge on any atom is 0.0757 e. The number of hydrogen-bond donors (Lipinski definition) is 2. The average molecular weight is 409 g/mol. The fourth-order valence-electron chi connectivity index (χ4n) is 3.05. The van der Waals surface area contributed by atoms with Crippen LogP contribution in [-0.2, 0) is 18.9 Å². The Morgan fingerprint density at radius 1 is 0.556 bits per heavy atom. The van der Waals surface area contributed by atoms with Crippen LogP contribution in [0.3, 0.4) is 0 Å². The van der Waals surface area contributed by atoms with E-state index in [1.807, 2.05) is 0 Å². The number of aliphatic hydroxyl groups is 2. The van der Waals surface area contributed by atoms with Crippen LogP contribution in [-0.4, -0.2) is 136 Å². The van der Waals surface area contributed by atoms with E-state index in [1.54, 1.807) is 11.8 Å². The van der Waals surface area contributed by atoms with Gasteiger partial charge in [-0.1, -0.05) is 0 Å². The van der Waals surface area contributed by atoms with Gasteiger partial charge >= 0.3 is 0 Å². The molecule has 0 saturated carbocycles. The standard InChI is InChI=1S/C18H36N2O6S/c21-17-13-19-1-5-23-9-10-25-7-3-20(14-18(22)16-27-15-17)4-8-26-12-11-24-6-2-19/h17-18,21-22H,1-16H2. The quantitative estimate of drug-likeness (QED) is 0.532. The third-order valence-electron chi connectivity index (χ3n) is 4.51. The minimum atomic E-state index is -0.434. The van der Waals surface area contributed by atoms with Gasteiger partial charge in [0.1, 0.15) is 0 Å². The lowest BCUT2D eigenvalue weighted by molar-refractivity contribution is -0.0000112. The molecule has 0 amide bonds. The second-order valence-corrected chi connectivity index (χ2v) is 7.97. The highest BCUT2D eigenvalue weighted by atomic mass is 32.2. The lowest BCUT2D eigenvalue weighted by Crippen LogP contribution is -2.39. The van der Waals surface area contributed by atoms with E-state index < -0.39 is 12.2 Å². The molecule has 2 unspecified atom stereocenters. The number of ether oxygens (including phenoxy) is 4. The van der Waals surface area contributed by atoms with E-state index in [0.29, 0.717) is 77.5 Å². The van der Waals surface area contributed by atoms with Gasteiger partial charge in [-0.25, -0.2) is 0 Å². The van der Waals surface area contributed by atoms with Gasteiger partial charge in [-0.3, -0.25) is 9.80 Å². The van der Waals surface area contributed by atoms with E-state index in [9.17, 15) is 10.2 Å². The molecular weight excluding hydrogens is 372 g/mol. The number of aliphatic hydroxyl groups excluding tert-OH is 2. The van der Waals surface area contributed by atoms with Crippen LogP contribution in [0, 0.1) is 0 Å². The summed E-state index contributed by atoms with van der Waals surface area (Å²) in [5, 5.41) is 20.7. The van der Waals surface area contributed by atoms with E-state index in [2.05, 4.69) is 9.80 Å². The van der Waals surface area contributed by atoms with Crippen LogP contribution < -0.4 is 0 Å². The zero-order valence-corrected chi connectivity index (χ0v) is 17.1. The molecule has 2 atom stereocenters. The molecule has 0 aliphatic carbocycles. The second kappa shape index (κ2) is 14.9. The SMILES string of the molecule is OC1CSCC(O)CN2CCOCCOCCN(CCOCCOCC2)C1. The van der Waals surface area contributed by atoms with Gasteiger partial charge in [0.05, 0.1) is 65.1 Å². The molecule has 2 heterocycles. The van der Waals surface area contributed by atoms with Crippen molar-refractivity contribution < 1.29 is 29.2 Å².